The minimum Gasteiger partial charge on any atom is -0.366 e. The Morgan fingerprint density at radius 3 is 2.30 bits per heavy atom. The molecule has 1 aromatic carbocycles. The molecule has 2 aromatic rings. The van der Waals surface area contributed by atoms with E-state index in [4.69, 9.17) is 0 Å². The predicted octanol–water partition coefficient (Wildman–Crippen LogP) is 2.61. The van der Waals surface area contributed by atoms with Crippen molar-refractivity contribution in [3.8, 4) is 0 Å². The van der Waals surface area contributed by atoms with Gasteiger partial charge >= 0.3 is 0 Å². The van der Waals surface area contributed by atoms with Gasteiger partial charge < -0.3 is 10.6 Å². The molecule has 3 rings (SSSR count). The lowest BCUT2D eigenvalue weighted by atomic mass is 10.1. The van der Waals surface area contributed by atoms with E-state index in [1.807, 2.05) is 25.1 Å². The monoisotopic (exact) mass is 268 g/mol. The van der Waals surface area contributed by atoms with Crippen molar-refractivity contribution in [1.82, 2.24) is 10.2 Å². The lowest BCUT2D eigenvalue weighted by Gasteiger charge is -2.06. The van der Waals surface area contributed by atoms with Gasteiger partial charge in [-0.05, 0) is 44.0 Å². The van der Waals surface area contributed by atoms with Gasteiger partial charge in [0, 0.05) is 11.6 Å². The summed E-state index contributed by atoms with van der Waals surface area (Å²) in [6.45, 7) is 1.98. The molecule has 1 aliphatic rings. The summed E-state index contributed by atoms with van der Waals surface area (Å²) in [5, 5.41) is 14.0. The number of rotatable bonds is 4. The highest BCUT2D eigenvalue weighted by Gasteiger charge is 2.21. The Balaban J connectivity index is 1.64. The first-order valence-corrected chi connectivity index (χ1v) is 6.69. The van der Waals surface area contributed by atoms with Crippen molar-refractivity contribution in [3.63, 3.8) is 0 Å². The number of nitrogens with zero attached hydrogens (tertiary/aromatic N) is 2. The number of aryl methyl sites for hydroxylation is 1. The van der Waals surface area contributed by atoms with Gasteiger partial charge in [-0.15, -0.1) is 10.2 Å². The molecule has 0 unspecified atom stereocenters. The Kier molecular flexibility index (Phi) is 3.33. The van der Waals surface area contributed by atoms with Crippen LogP contribution in [0.1, 0.15) is 28.8 Å². The molecule has 5 nitrogen and oxygen atoms in total. The third kappa shape index (κ3) is 3.12. The molecule has 1 heterocycles. The van der Waals surface area contributed by atoms with Crippen LogP contribution in [0.3, 0.4) is 0 Å². The second-order valence-corrected chi connectivity index (χ2v) is 5.04. The second kappa shape index (κ2) is 5.28. The average Bonchev–Trinajstić information content (AvgIpc) is 3.26. The Labute approximate surface area is 117 Å². The zero-order valence-electron chi connectivity index (χ0n) is 11.3. The van der Waals surface area contributed by atoms with Crippen LogP contribution in [0.5, 0.6) is 0 Å². The van der Waals surface area contributed by atoms with Crippen LogP contribution in [0.25, 0.3) is 0 Å². The van der Waals surface area contributed by atoms with Gasteiger partial charge in [0.25, 0.3) is 5.91 Å². The van der Waals surface area contributed by atoms with Crippen LogP contribution in [-0.4, -0.2) is 22.1 Å². The summed E-state index contributed by atoms with van der Waals surface area (Å²) < 4.78 is 0. The van der Waals surface area contributed by atoms with Gasteiger partial charge in [-0.25, -0.2) is 0 Å². The molecule has 5 heteroatoms. The first kappa shape index (κ1) is 12.6. The van der Waals surface area contributed by atoms with E-state index >= 15 is 0 Å². The molecule has 0 aliphatic heterocycles. The first-order valence-electron chi connectivity index (χ1n) is 6.69. The van der Waals surface area contributed by atoms with Crippen LogP contribution in [0.2, 0.25) is 0 Å². The van der Waals surface area contributed by atoms with Gasteiger partial charge in [0.05, 0.1) is 0 Å². The standard InChI is InChI=1S/C15H16N4O/c1-10-2-4-11(5-3-10)15(20)17-14-9-8-13(18-19-14)16-12-6-7-12/h2-5,8-9,12H,6-7H2,1H3,(H,16,18)(H,17,19,20). The Hall–Kier alpha value is -2.43. The molecule has 20 heavy (non-hydrogen) atoms. The minimum atomic E-state index is -0.179. The molecule has 0 bridgehead atoms. The van der Waals surface area contributed by atoms with Crippen LogP contribution in [0, 0.1) is 6.92 Å². The van der Waals surface area contributed by atoms with E-state index in [0.717, 1.165) is 11.4 Å². The Morgan fingerprint density at radius 2 is 1.70 bits per heavy atom. The highest BCUT2D eigenvalue weighted by atomic mass is 16.1. The van der Waals surface area contributed by atoms with E-state index in [1.165, 1.54) is 12.8 Å². The number of benzene rings is 1. The molecule has 1 saturated carbocycles. The van der Waals surface area contributed by atoms with Crippen LogP contribution >= 0.6 is 0 Å². The second-order valence-electron chi connectivity index (χ2n) is 5.04. The summed E-state index contributed by atoms with van der Waals surface area (Å²) in [6.07, 6.45) is 2.38. The fourth-order valence-corrected chi connectivity index (χ4v) is 1.81. The average molecular weight is 268 g/mol. The van der Waals surface area contributed by atoms with Crippen molar-refractivity contribution in [2.45, 2.75) is 25.8 Å². The lowest BCUT2D eigenvalue weighted by molar-refractivity contribution is 0.102. The molecule has 0 spiro atoms. The third-order valence-electron chi connectivity index (χ3n) is 3.15. The summed E-state index contributed by atoms with van der Waals surface area (Å²) in [5.41, 5.74) is 1.73. The number of hydrogen-bond donors (Lipinski definition) is 2. The third-order valence-corrected chi connectivity index (χ3v) is 3.15. The van der Waals surface area contributed by atoms with Crippen molar-refractivity contribution < 1.29 is 4.79 Å². The SMILES string of the molecule is Cc1ccc(C(=O)Nc2ccc(NC3CC3)nn2)cc1. The van der Waals surface area contributed by atoms with Gasteiger partial charge in [-0.3, -0.25) is 4.79 Å². The maximum atomic E-state index is 12.0. The van der Waals surface area contributed by atoms with Crippen molar-refractivity contribution in [3.05, 3.63) is 47.5 Å². The molecule has 0 radical (unpaired) electrons. The van der Waals surface area contributed by atoms with Crippen LogP contribution in [-0.2, 0) is 0 Å². The van der Waals surface area contributed by atoms with E-state index in [-0.39, 0.29) is 5.91 Å². The summed E-state index contributed by atoms with van der Waals surface area (Å²) in [7, 11) is 0. The maximum absolute atomic E-state index is 12.0. The van der Waals surface area contributed by atoms with Crippen LogP contribution < -0.4 is 10.6 Å². The number of anilines is 2. The molecule has 0 atom stereocenters. The van der Waals surface area contributed by atoms with Crippen molar-refractivity contribution in [2.75, 3.05) is 10.6 Å². The van der Waals surface area contributed by atoms with Gasteiger partial charge in [-0.2, -0.15) is 0 Å². The van der Waals surface area contributed by atoms with Crippen LogP contribution in [0.4, 0.5) is 11.6 Å². The molecule has 2 N–H and O–H groups in total. The molecule has 1 fully saturated rings. The molecule has 102 valence electrons. The smallest absolute Gasteiger partial charge is 0.256 e. The lowest BCUT2D eigenvalue weighted by Crippen LogP contribution is -2.13. The van der Waals surface area contributed by atoms with Gasteiger partial charge in [0.2, 0.25) is 0 Å². The normalized spacial score (nSPS) is 13.8. The number of amides is 1. The van der Waals surface area contributed by atoms with E-state index in [1.54, 1.807) is 18.2 Å². The van der Waals surface area contributed by atoms with E-state index in [0.29, 0.717) is 17.4 Å². The molecule has 1 aliphatic carbocycles. The summed E-state index contributed by atoms with van der Waals surface area (Å²) in [5.74, 6) is 1.03. The van der Waals surface area contributed by atoms with Crippen LogP contribution in [0.15, 0.2) is 36.4 Å². The van der Waals surface area contributed by atoms with E-state index in [9.17, 15) is 4.79 Å². The van der Waals surface area contributed by atoms with E-state index in [2.05, 4.69) is 20.8 Å². The molecule has 1 aromatic heterocycles. The van der Waals surface area contributed by atoms with Crippen molar-refractivity contribution in [2.24, 2.45) is 0 Å². The predicted molar refractivity (Wildman–Crippen MR) is 77.8 cm³/mol. The van der Waals surface area contributed by atoms with Gasteiger partial charge in [-0.1, -0.05) is 17.7 Å². The summed E-state index contributed by atoms with van der Waals surface area (Å²) in [6, 6.07) is 11.5. The summed E-state index contributed by atoms with van der Waals surface area (Å²) in [4.78, 5) is 12.0. The van der Waals surface area contributed by atoms with E-state index < -0.39 is 0 Å². The topological polar surface area (TPSA) is 66.9 Å². The zero-order chi connectivity index (χ0) is 13.9. The number of carbonyl (C=O) groups is 1. The Bertz CT molecular complexity index is 603. The molecule has 0 saturated heterocycles. The Morgan fingerprint density at radius 1 is 1.05 bits per heavy atom. The number of carbonyl (C=O) groups excluding carboxylic acids is 1. The highest BCUT2D eigenvalue weighted by molar-refractivity contribution is 6.03. The fourth-order valence-electron chi connectivity index (χ4n) is 1.81. The quantitative estimate of drug-likeness (QED) is 0.894. The number of aromatic nitrogens is 2. The zero-order valence-corrected chi connectivity index (χ0v) is 11.3. The van der Waals surface area contributed by atoms with Gasteiger partial charge in [0.15, 0.2) is 5.82 Å². The maximum Gasteiger partial charge on any atom is 0.256 e. The molecular weight excluding hydrogens is 252 g/mol. The highest BCUT2D eigenvalue weighted by Crippen LogP contribution is 2.23. The summed E-state index contributed by atoms with van der Waals surface area (Å²) >= 11 is 0. The minimum absolute atomic E-state index is 0.179. The molecule has 1 amide bonds. The first-order chi connectivity index (χ1) is 9.70. The number of nitrogens with one attached hydrogen (secondary N) is 2. The van der Waals surface area contributed by atoms with Crippen molar-refractivity contribution in [1.29, 1.82) is 0 Å². The fraction of sp³-hybridized carbons (Fsp3) is 0.267. The number of hydrogen-bond acceptors (Lipinski definition) is 4. The van der Waals surface area contributed by atoms with Crippen molar-refractivity contribution >= 4 is 17.5 Å². The van der Waals surface area contributed by atoms with Gasteiger partial charge in [0.1, 0.15) is 5.82 Å². The largest absolute Gasteiger partial charge is 0.366 e. The molecular formula is C15H16N4O.